The molecule has 0 radical (unpaired) electrons. The molecule has 0 bridgehead atoms. The van der Waals surface area contributed by atoms with Crippen molar-refractivity contribution >= 4 is 28.9 Å². The van der Waals surface area contributed by atoms with Crippen molar-refractivity contribution in [2.75, 3.05) is 51.8 Å². The van der Waals surface area contributed by atoms with Gasteiger partial charge >= 0.3 is 0 Å². The summed E-state index contributed by atoms with van der Waals surface area (Å²) in [6.45, 7) is 6.66. The number of benzene rings is 2. The Labute approximate surface area is 193 Å². The fourth-order valence-corrected chi connectivity index (χ4v) is 4.11. The van der Waals surface area contributed by atoms with Crippen molar-refractivity contribution in [3.05, 3.63) is 45.9 Å². The Morgan fingerprint density at radius 3 is 2.48 bits per heavy atom. The number of hydrogen-bond donors (Lipinski definition) is 0. The third kappa shape index (κ3) is 5.68. The van der Waals surface area contributed by atoms with Crippen molar-refractivity contribution in [3.63, 3.8) is 0 Å². The van der Waals surface area contributed by atoms with Crippen LogP contribution >= 0.6 is 23.2 Å². The Balaban J connectivity index is 1.51. The van der Waals surface area contributed by atoms with Gasteiger partial charge in [0.1, 0.15) is 17.4 Å². The predicted molar refractivity (Wildman–Crippen MR) is 124 cm³/mol. The molecular weight excluding hydrogens is 437 g/mol. The van der Waals surface area contributed by atoms with E-state index in [2.05, 4.69) is 15.9 Å². The molecule has 1 heterocycles. The monoisotopic (exact) mass is 463 g/mol. The van der Waals surface area contributed by atoms with Crippen LogP contribution in [0.25, 0.3) is 0 Å². The molecular formula is C23H27Cl2N3O3. The third-order valence-corrected chi connectivity index (χ3v) is 6.22. The molecule has 8 heteroatoms. The molecule has 0 spiro atoms. The molecule has 0 aliphatic carbocycles. The van der Waals surface area contributed by atoms with Crippen LogP contribution in [0.4, 0.5) is 5.69 Å². The molecule has 0 N–H and O–H groups in total. The number of piperazine rings is 1. The van der Waals surface area contributed by atoms with Crippen molar-refractivity contribution < 1.29 is 14.2 Å². The summed E-state index contributed by atoms with van der Waals surface area (Å²) in [6, 6.07) is 11.3. The van der Waals surface area contributed by atoms with E-state index in [4.69, 9.17) is 37.4 Å². The average Bonchev–Trinajstić information content (AvgIpc) is 2.79. The summed E-state index contributed by atoms with van der Waals surface area (Å²) in [6.07, 6.45) is 0.860. The minimum Gasteiger partial charge on any atom is -0.493 e. The third-order valence-electron chi connectivity index (χ3n) is 5.41. The summed E-state index contributed by atoms with van der Waals surface area (Å²) < 4.78 is 16.7. The lowest BCUT2D eigenvalue weighted by atomic mass is 10.1. The number of ether oxygens (including phenoxy) is 3. The summed E-state index contributed by atoms with van der Waals surface area (Å²) in [5, 5.41) is 10.6. The quantitative estimate of drug-likeness (QED) is 0.556. The molecule has 1 unspecified atom stereocenters. The number of hydrogen-bond acceptors (Lipinski definition) is 6. The largest absolute Gasteiger partial charge is 0.493 e. The molecule has 1 fully saturated rings. The van der Waals surface area contributed by atoms with E-state index in [-0.39, 0.29) is 6.10 Å². The van der Waals surface area contributed by atoms with E-state index in [0.717, 1.165) is 44.8 Å². The van der Waals surface area contributed by atoms with Crippen LogP contribution in [0.1, 0.15) is 18.9 Å². The summed E-state index contributed by atoms with van der Waals surface area (Å²) >= 11 is 12.5. The predicted octanol–water partition coefficient (Wildman–Crippen LogP) is 4.86. The van der Waals surface area contributed by atoms with E-state index < -0.39 is 0 Å². The zero-order chi connectivity index (χ0) is 22.4. The average molecular weight is 464 g/mol. The summed E-state index contributed by atoms with van der Waals surface area (Å²) in [4.78, 5) is 4.70. The van der Waals surface area contributed by atoms with Gasteiger partial charge in [0.05, 0.1) is 36.1 Å². The van der Waals surface area contributed by atoms with E-state index in [0.29, 0.717) is 32.9 Å². The molecule has 31 heavy (non-hydrogen) atoms. The second-order valence-electron chi connectivity index (χ2n) is 7.44. The second-order valence-corrected chi connectivity index (χ2v) is 8.22. The maximum atomic E-state index is 9.37. The molecule has 0 saturated carbocycles. The number of nitrogens with zero attached hydrogens (tertiary/aromatic N) is 3. The zero-order valence-electron chi connectivity index (χ0n) is 18.0. The van der Waals surface area contributed by atoms with Gasteiger partial charge in [-0.2, -0.15) is 5.26 Å². The Bertz CT molecular complexity index is 940. The fraction of sp³-hybridized carbons (Fsp3) is 0.435. The van der Waals surface area contributed by atoms with Gasteiger partial charge in [-0.05, 0) is 25.5 Å². The number of halogens is 2. The van der Waals surface area contributed by atoms with E-state index in [9.17, 15) is 5.26 Å². The van der Waals surface area contributed by atoms with Gasteiger partial charge in [0.15, 0.2) is 11.5 Å². The highest BCUT2D eigenvalue weighted by molar-refractivity contribution is 6.43. The fourth-order valence-electron chi connectivity index (χ4n) is 3.69. The van der Waals surface area contributed by atoms with Crippen LogP contribution in [0.3, 0.4) is 0 Å². The molecule has 6 nitrogen and oxygen atoms in total. The first-order valence-corrected chi connectivity index (χ1v) is 11.0. The molecule has 166 valence electrons. The van der Waals surface area contributed by atoms with Crippen molar-refractivity contribution in [1.29, 1.82) is 5.26 Å². The minimum absolute atomic E-state index is 0.00921. The van der Waals surface area contributed by atoms with E-state index >= 15 is 0 Å². The van der Waals surface area contributed by atoms with Crippen molar-refractivity contribution in [1.82, 2.24) is 4.90 Å². The van der Waals surface area contributed by atoms with Crippen LogP contribution in [0.5, 0.6) is 17.2 Å². The van der Waals surface area contributed by atoms with E-state index in [1.807, 2.05) is 25.1 Å². The lowest BCUT2D eigenvalue weighted by Crippen LogP contribution is -2.47. The van der Waals surface area contributed by atoms with Gasteiger partial charge in [0.25, 0.3) is 0 Å². The van der Waals surface area contributed by atoms with Gasteiger partial charge in [-0.25, -0.2) is 0 Å². The van der Waals surface area contributed by atoms with Crippen molar-refractivity contribution in [2.24, 2.45) is 0 Å². The van der Waals surface area contributed by atoms with Crippen LogP contribution in [0, 0.1) is 11.3 Å². The molecule has 3 rings (SSSR count). The van der Waals surface area contributed by atoms with Crippen LogP contribution in [-0.4, -0.2) is 57.9 Å². The Morgan fingerprint density at radius 2 is 1.84 bits per heavy atom. The lowest BCUT2D eigenvalue weighted by Gasteiger charge is -2.37. The normalized spacial score (nSPS) is 15.3. The molecule has 1 atom stereocenters. The van der Waals surface area contributed by atoms with Crippen LogP contribution in [0.15, 0.2) is 30.3 Å². The van der Waals surface area contributed by atoms with Gasteiger partial charge in [-0.3, -0.25) is 4.90 Å². The Kier molecular flexibility index (Phi) is 8.14. The maximum Gasteiger partial charge on any atom is 0.178 e. The number of methoxy groups -OCH3 is 2. The summed E-state index contributed by atoms with van der Waals surface area (Å²) in [5.41, 5.74) is 1.38. The molecule has 1 saturated heterocycles. The van der Waals surface area contributed by atoms with Crippen LogP contribution < -0.4 is 19.1 Å². The highest BCUT2D eigenvalue weighted by atomic mass is 35.5. The molecule has 0 aromatic heterocycles. The van der Waals surface area contributed by atoms with Crippen LogP contribution in [0.2, 0.25) is 10.0 Å². The van der Waals surface area contributed by atoms with E-state index in [1.165, 1.54) is 7.11 Å². The van der Waals surface area contributed by atoms with Gasteiger partial charge < -0.3 is 19.1 Å². The van der Waals surface area contributed by atoms with E-state index in [1.54, 1.807) is 19.2 Å². The topological polar surface area (TPSA) is 58.0 Å². The Hall–Kier alpha value is -2.33. The maximum absolute atomic E-state index is 9.37. The smallest absolute Gasteiger partial charge is 0.178 e. The minimum atomic E-state index is -0.00921. The summed E-state index contributed by atoms with van der Waals surface area (Å²) in [5.74, 6) is 1.50. The molecule has 1 aliphatic heterocycles. The SMILES string of the molecule is COc1cc(OC(C)CCN2CCN(c3cccc(Cl)c3Cl)CC2)cc(C#N)c1OC. The van der Waals surface area contributed by atoms with Gasteiger partial charge in [-0.1, -0.05) is 29.3 Å². The highest BCUT2D eigenvalue weighted by Gasteiger charge is 2.21. The molecule has 2 aromatic rings. The van der Waals surface area contributed by atoms with Crippen molar-refractivity contribution in [2.45, 2.75) is 19.4 Å². The zero-order valence-corrected chi connectivity index (χ0v) is 19.5. The number of nitriles is 1. The molecule has 2 aromatic carbocycles. The summed E-state index contributed by atoms with van der Waals surface area (Å²) in [7, 11) is 3.06. The second kappa shape index (κ2) is 10.8. The van der Waals surface area contributed by atoms with Crippen molar-refractivity contribution in [3.8, 4) is 23.3 Å². The Morgan fingerprint density at radius 1 is 1.10 bits per heavy atom. The molecule has 0 amide bonds. The van der Waals surface area contributed by atoms with Gasteiger partial charge in [0, 0.05) is 44.9 Å². The van der Waals surface area contributed by atoms with Gasteiger partial charge in [-0.15, -0.1) is 0 Å². The standard InChI is InChI=1S/C23H27Cl2N3O3/c1-16(31-18-13-17(15-26)23(30-3)21(14-18)29-2)7-8-27-9-11-28(12-10-27)20-6-4-5-19(24)22(20)25/h4-6,13-14,16H,7-12H2,1-3H3. The molecule has 1 aliphatic rings. The first-order valence-electron chi connectivity index (χ1n) is 10.2. The van der Waals surface area contributed by atoms with Gasteiger partial charge in [0.2, 0.25) is 0 Å². The highest BCUT2D eigenvalue weighted by Crippen LogP contribution is 2.36. The first kappa shape index (κ1) is 23.3. The number of anilines is 1. The lowest BCUT2D eigenvalue weighted by molar-refractivity contribution is 0.171. The van der Waals surface area contributed by atoms with Crippen LogP contribution in [-0.2, 0) is 0 Å². The first-order chi connectivity index (χ1) is 15.0. The number of rotatable bonds is 8.